The first-order valence-corrected chi connectivity index (χ1v) is 7.74. The summed E-state index contributed by atoms with van der Waals surface area (Å²) >= 11 is 6.72. The Labute approximate surface area is 122 Å². The Balaban J connectivity index is 2.17. The van der Waals surface area contributed by atoms with Crippen molar-refractivity contribution in [1.29, 1.82) is 0 Å². The predicted molar refractivity (Wildman–Crippen MR) is 81.8 cm³/mol. The summed E-state index contributed by atoms with van der Waals surface area (Å²) in [7, 11) is 0. The highest BCUT2D eigenvalue weighted by atomic mass is 35.5. The van der Waals surface area contributed by atoms with Crippen LogP contribution in [0.25, 0.3) is 0 Å². The molecule has 0 N–H and O–H groups in total. The standard InChI is InChI=1S/C17H25ClO/c1-10(2)14-6-8-15(9-7-14)17(18)16-11(3)12(4)19-13(16)5/h6-13,16-17H,1-5H3. The van der Waals surface area contributed by atoms with E-state index in [9.17, 15) is 0 Å². The van der Waals surface area contributed by atoms with Crippen LogP contribution in [0.3, 0.4) is 0 Å². The van der Waals surface area contributed by atoms with Crippen molar-refractivity contribution in [3.63, 3.8) is 0 Å². The minimum atomic E-state index is 0.0381. The van der Waals surface area contributed by atoms with Crippen LogP contribution in [0.2, 0.25) is 0 Å². The van der Waals surface area contributed by atoms with E-state index >= 15 is 0 Å². The van der Waals surface area contributed by atoms with E-state index in [-0.39, 0.29) is 11.5 Å². The molecular formula is C17H25ClO. The molecule has 2 rings (SSSR count). The highest BCUT2D eigenvalue weighted by Crippen LogP contribution is 2.43. The molecule has 5 atom stereocenters. The van der Waals surface area contributed by atoms with Gasteiger partial charge in [-0.05, 0) is 36.8 Å². The molecule has 0 aromatic heterocycles. The average Bonchev–Trinajstić information content (AvgIpc) is 2.62. The van der Waals surface area contributed by atoms with Gasteiger partial charge in [0, 0.05) is 5.92 Å². The summed E-state index contributed by atoms with van der Waals surface area (Å²) in [4.78, 5) is 0. The van der Waals surface area contributed by atoms with Gasteiger partial charge in [-0.2, -0.15) is 0 Å². The number of rotatable bonds is 3. The molecule has 0 aliphatic carbocycles. The Bertz CT molecular complexity index is 412. The molecule has 1 aromatic carbocycles. The zero-order valence-electron chi connectivity index (χ0n) is 12.6. The molecule has 0 saturated carbocycles. The van der Waals surface area contributed by atoms with Gasteiger partial charge >= 0.3 is 0 Å². The quantitative estimate of drug-likeness (QED) is 0.696. The van der Waals surface area contributed by atoms with E-state index in [4.69, 9.17) is 16.3 Å². The Morgan fingerprint density at radius 3 is 1.89 bits per heavy atom. The molecule has 2 heteroatoms. The number of ether oxygens (including phenoxy) is 1. The molecule has 0 spiro atoms. The maximum absolute atomic E-state index is 6.72. The van der Waals surface area contributed by atoms with E-state index in [1.165, 1.54) is 11.1 Å². The molecule has 0 bridgehead atoms. The number of alkyl halides is 1. The Morgan fingerprint density at radius 1 is 0.947 bits per heavy atom. The predicted octanol–water partition coefficient (Wildman–Crippen LogP) is 5.15. The van der Waals surface area contributed by atoms with Crippen LogP contribution >= 0.6 is 11.6 Å². The molecule has 1 aliphatic rings. The Hall–Kier alpha value is -0.530. The molecule has 5 unspecified atom stereocenters. The SMILES string of the molecule is CC(C)c1ccc(C(Cl)C2C(C)OC(C)C2C)cc1. The van der Waals surface area contributed by atoms with Crippen molar-refractivity contribution in [1.82, 2.24) is 0 Å². The molecule has 0 amide bonds. The van der Waals surface area contributed by atoms with Gasteiger partial charge in [0.1, 0.15) is 0 Å². The normalized spacial score (nSPS) is 32.8. The maximum Gasteiger partial charge on any atom is 0.0641 e. The second kappa shape index (κ2) is 5.85. The molecule has 1 aromatic rings. The fourth-order valence-electron chi connectivity index (χ4n) is 3.09. The molecule has 1 aliphatic heterocycles. The summed E-state index contributed by atoms with van der Waals surface area (Å²) in [5, 5.41) is 0.0381. The number of hydrogen-bond acceptors (Lipinski definition) is 1. The second-order valence-corrected chi connectivity index (χ2v) is 6.68. The van der Waals surface area contributed by atoms with Crippen LogP contribution in [-0.4, -0.2) is 12.2 Å². The lowest BCUT2D eigenvalue weighted by Gasteiger charge is -2.24. The van der Waals surface area contributed by atoms with Crippen molar-refractivity contribution in [3.05, 3.63) is 35.4 Å². The van der Waals surface area contributed by atoms with Crippen LogP contribution in [0.1, 0.15) is 57.0 Å². The monoisotopic (exact) mass is 280 g/mol. The fraction of sp³-hybridized carbons (Fsp3) is 0.647. The van der Waals surface area contributed by atoms with E-state index < -0.39 is 0 Å². The topological polar surface area (TPSA) is 9.23 Å². The van der Waals surface area contributed by atoms with E-state index in [1.807, 2.05) is 0 Å². The van der Waals surface area contributed by atoms with Crippen molar-refractivity contribution in [3.8, 4) is 0 Å². The molecule has 1 nitrogen and oxygen atoms in total. The van der Waals surface area contributed by atoms with Gasteiger partial charge < -0.3 is 4.74 Å². The van der Waals surface area contributed by atoms with Gasteiger partial charge in [0.15, 0.2) is 0 Å². The molecule has 0 radical (unpaired) electrons. The third-order valence-corrected chi connectivity index (χ3v) is 5.12. The first kappa shape index (κ1) is 14.9. The van der Waals surface area contributed by atoms with Crippen LogP contribution in [0.4, 0.5) is 0 Å². The van der Waals surface area contributed by atoms with Crippen LogP contribution < -0.4 is 0 Å². The van der Waals surface area contributed by atoms with Gasteiger partial charge in [0.25, 0.3) is 0 Å². The van der Waals surface area contributed by atoms with Crippen LogP contribution in [0.5, 0.6) is 0 Å². The van der Waals surface area contributed by atoms with Crippen molar-refractivity contribution >= 4 is 11.6 Å². The highest BCUT2D eigenvalue weighted by Gasteiger charge is 2.41. The molecule has 106 valence electrons. The van der Waals surface area contributed by atoms with Gasteiger partial charge in [0.2, 0.25) is 0 Å². The summed E-state index contributed by atoms with van der Waals surface area (Å²) in [6.07, 6.45) is 0.536. The van der Waals surface area contributed by atoms with Gasteiger partial charge in [-0.1, -0.05) is 45.0 Å². The van der Waals surface area contributed by atoms with Gasteiger partial charge in [0.05, 0.1) is 17.6 Å². The van der Waals surface area contributed by atoms with Crippen molar-refractivity contribution in [2.45, 2.75) is 58.1 Å². The maximum atomic E-state index is 6.72. The first-order chi connectivity index (χ1) is 8.91. The summed E-state index contributed by atoms with van der Waals surface area (Å²) in [5.74, 6) is 1.46. The Kier molecular flexibility index (Phi) is 4.58. The zero-order valence-corrected chi connectivity index (χ0v) is 13.3. The third-order valence-electron chi connectivity index (χ3n) is 4.58. The number of benzene rings is 1. The number of hydrogen-bond donors (Lipinski definition) is 0. The number of halogens is 1. The minimum Gasteiger partial charge on any atom is -0.375 e. The molecule has 1 heterocycles. The molecule has 19 heavy (non-hydrogen) atoms. The lowest BCUT2D eigenvalue weighted by atomic mass is 9.84. The van der Waals surface area contributed by atoms with Crippen LogP contribution in [-0.2, 0) is 4.74 Å². The lowest BCUT2D eigenvalue weighted by molar-refractivity contribution is 0.0508. The van der Waals surface area contributed by atoms with Crippen molar-refractivity contribution in [2.75, 3.05) is 0 Å². The molecule has 1 fully saturated rings. The Morgan fingerprint density at radius 2 is 1.47 bits per heavy atom. The van der Waals surface area contributed by atoms with E-state index in [0.717, 1.165) is 0 Å². The zero-order chi connectivity index (χ0) is 14.2. The van der Waals surface area contributed by atoms with Crippen molar-refractivity contribution < 1.29 is 4.74 Å². The smallest absolute Gasteiger partial charge is 0.0641 e. The average molecular weight is 281 g/mol. The van der Waals surface area contributed by atoms with E-state index in [0.29, 0.717) is 23.9 Å². The third kappa shape index (κ3) is 2.98. The van der Waals surface area contributed by atoms with Gasteiger partial charge in [-0.15, -0.1) is 11.6 Å². The lowest BCUT2D eigenvalue weighted by Crippen LogP contribution is -2.22. The summed E-state index contributed by atoms with van der Waals surface area (Å²) in [6.45, 7) is 11.0. The van der Waals surface area contributed by atoms with Crippen LogP contribution in [0, 0.1) is 11.8 Å². The van der Waals surface area contributed by atoms with E-state index in [1.54, 1.807) is 0 Å². The summed E-state index contributed by atoms with van der Waals surface area (Å²) in [6, 6.07) is 8.75. The minimum absolute atomic E-state index is 0.0381. The summed E-state index contributed by atoms with van der Waals surface area (Å²) in [5.41, 5.74) is 2.58. The van der Waals surface area contributed by atoms with E-state index in [2.05, 4.69) is 58.9 Å². The van der Waals surface area contributed by atoms with Crippen molar-refractivity contribution in [2.24, 2.45) is 11.8 Å². The highest BCUT2D eigenvalue weighted by molar-refractivity contribution is 6.21. The molecular weight excluding hydrogens is 256 g/mol. The molecule has 1 saturated heterocycles. The van der Waals surface area contributed by atoms with Gasteiger partial charge in [-0.25, -0.2) is 0 Å². The summed E-state index contributed by atoms with van der Waals surface area (Å²) < 4.78 is 5.91. The largest absolute Gasteiger partial charge is 0.375 e. The first-order valence-electron chi connectivity index (χ1n) is 7.31. The second-order valence-electron chi connectivity index (χ2n) is 6.21. The van der Waals surface area contributed by atoms with Crippen LogP contribution in [0.15, 0.2) is 24.3 Å². The van der Waals surface area contributed by atoms with Gasteiger partial charge in [-0.3, -0.25) is 0 Å². The fourth-order valence-corrected chi connectivity index (χ4v) is 3.66.